The Balaban J connectivity index is 0.00000235. The van der Waals surface area contributed by atoms with Crippen LogP contribution in [-0.2, 0) is 22.5 Å². The molecule has 0 amide bonds. The zero-order chi connectivity index (χ0) is 27.6. The minimum absolute atomic E-state index is 0.267. The number of carbonyl (C=O) groups is 1. The molecule has 9 heteroatoms. The van der Waals surface area contributed by atoms with Crippen LogP contribution >= 0.6 is 0 Å². The van der Waals surface area contributed by atoms with Gasteiger partial charge in [0, 0.05) is 17.6 Å². The molecule has 198 valence electrons. The van der Waals surface area contributed by atoms with Gasteiger partial charge in [-0.2, -0.15) is 0 Å². The molecule has 0 spiro atoms. The first-order valence-electron chi connectivity index (χ1n) is 11.3. The van der Waals surface area contributed by atoms with E-state index in [1.807, 2.05) is 30.6 Å². The van der Waals surface area contributed by atoms with Crippen LogP contribution in [0.25, 0.3) is 10.9 Å². The molecule has 0 unspecified atom stereocenters. The Labute approximate surface area is 213 Å². The summed E-state index contributed by atoms with van der Waals surface area (Å²) < 4.78 is 56.2. The number of fused-ring (bicyclic) bond motifs is 1. The summed E-state index contributed by atoms with van der Waals surface area (Å²) >= 11 is 0. The van der Waals surface area contributed by atoms with Crippen LogP contribution in [0.3, 0.4) is 0 Å². The Morgan fingerprint density at radius 2 is 1.86 bits per heavy atom. The van der Waals surface area contributed by atoms with Gasteiger partial charge in [0.15, 0.2) is 6.61 Å². The molecule has 6 nitrogen and oxygen atoms in total. The Kier molecular flexibility index (Phi) is 10.4. The first-order valence-corrected chi connectivity index (χ1v) is 11.3. The number of ether oxygens (including phenoxy) is 3. The summed E-state index contributed by atoms with van der Waals surface area (Å²) in [5, 5.41) is 9.22. The fraction of sp³-hybridized carbons (Fsp3) is 0.250. The Morgan fingerprint density at radius 3 is 2.49 bits per heavy atom. The van der Waals surface area contributed by atoms with Crippen LogP contribution < -0.4 is 9.47 Å². The van der Waals surface area contributed by atoms with Crippen molar-refractivity contribution in [3.05, 3.63) is 96.4 Å². The third-order valence-corrected chi connectivity index (χ3v) is 5.39. The van der Waals surface area contributed by atoms with Crippen molar-refractivity contribution < 1.29 is 37.3 Å². The molecule has 0 fully saturated rings. The van der Waals surface area contributed by atoms with Gasteiger partial charge in [-0.3, -0.25) is 0 Å². The van der Waals surface area contributed by atoms with Crippen LogP contribution in [-0.4, -0.2) is 35.7 Å². The number of halogens is 3. The number of allylic oxidation sites excluding steroid dienone is 3. The zero-order valence-corrected chi connectivity index (χ0v) is 21.0. The molecule has 0 atom stereocenters. The molecule has 3 aromatic rings. The molecule has 0 radical (unpaired) electrons. The van der Waals surface area contributed by atoms with Crippen LogP contribution in [0.1, 0.15) is 23.7 Å². The van der Waals surface area contributed by atoms with Gasteiger partial charge >= 0.3 is 12.3 Å². The van der Waals surface area contributed by atoms with E-state index in [9.17, 15) is 18.0 Å². The highest BCUT2D eigenvalue weighted by Crippen LogP contribution is 2.37. The van der Waals surface area contributed by atoms with Gasteiger partial charge in [-0.05, 0) is 67.8 Å². The van der Waals surface area contributed by atoms with Crippen LogP contribution in [0.2, 0.25) is 0 Å². The van der Waals surface area contributed by atoms with Crippen LogP contribution in [0, 0.1) is 6.92 Å². The van der Waals surface area contributed by atoms with Crippen molar-refractivity contribution in [1.29, 1.82) is 0 Å². The van der Waals surface area contributed by atoms with Crippen LogP contribution in [0.15, 0.2) is 79.6 Å². The van der Waals surface area contributed by atoms with Crippen molar-refractivity contribution in [2.45, 2.75) is 33.2 Å². The largest absolute Gasteiger partial charge is 0.573 e. The fourth-order valence-electron chi connectivity index (χ4n) is 3.87. The van der Waals surface area contributed by atoms with Gasteiger partial charge in [0.1, 0.15) is 17.3 Å². The number of aliphatic carboxylic acids is 1. The molecule has 37 heavy (non-hydrogen) atoms. The van der Waals surface area contributed by atoms with Gasteiger partial charge in [0.25, 0.3) is 0 Å². The lowest BCUT2D eigenvalue weighted by atomic mass is 10.1. The minimum Gasteiger partial charge on any atom is -0.497 e. The van der Waals surface area contributed by atoms with Crippen molar-refractivity contribution in [3.63, 3.8) is 0 Å². The maximum absolute atomic E-state index is 13.2. The summed E-state index contributed by atoms with van der Waals surface area (Å²) in [6.45, 7) is 9.53. The summed E-state index contributed by atoms with van der Waals surface area (Å²) in [6.07, 6.45) is 0.899. The Morgan fingerprint density at radius 1 is 1.16 bits per heavy atom. The van der Waals surface area contributed by atoms with Crippen molar-refractivity contribution >= 4 is 16.9 Å². The summed E-state index contributed by atoms with van der Waals surface area (Å²) in [5.74, 6) is -0.332. The smallest absolute Gasteiger partial charge is 0.497 e. The van der Waals surface area contributed by atoms with Crippen molar-refractivity contribution in [2.24, 2.45) is 0 Å². The second-order valence-corrected chi connectivity index (χ2v) is 7.68. The summed E-state index contributed by atoms with van der Waals surface area (Å²) in [5.41, 5.74) is 2.86. The number of alkyl halides is 3. The van der Waals surface area contributed by atoms with E-state index in [2.05, 4.69) is 17.9 Å². The van der Waals surface area contributed by atoms with E-state index in [0.717, 1.165) is 11.3 Å². The number of hydrogen-bond acceptors (Lipinski definition) is 4. The number of benzene rings is 2. The second-order valence-electron chi connectivity index (χ2n) is 7.68. The molecule has 3 rings (SSSR count). The maximum atomic E-state index is 13.2. The van der Waals surface area contributed by atoms with E-state index >= 15 is 0 Å². The van der Waals surface area contributed by atoms with E-state index in [1.54, 1.807) is 43.5 Å². The highest BCUT2D eigenvalue weighted by Gasteiger charge is 2.32. The van der Waals surface area contributed by atoms with E-state index in [-0.39, 0.29) is 5.75 Å². The van der Waals surface area contributed by atoms with Crippen molar-refractivity contribution in [3.8, 4) is 11.5 Å². The quantitative estimate of drug-likeness (QED) is 0.182. The first kappa shape index (κ1) is 29.1. The molecule has 1 heterocycles. The zero-order valence-electron chi connectivity index (χ0n) is 21.0. The highest BCUT2D eigenvalue weighted by molar-refractivity contribution is 5.91. The molecule has 0 aliphatic rings. The number of hydrogen-bond donors (Lipinski definition) is 1. The van der Waals surface area contributed by atoms with Gasteiger partial charge in [0.2, 0.25) is 0 Å². The lowest BCUT2D eigenvalue weighted by Gasteiger charge is -2.12. The topological polar surface area (TPSA) is 69.9 Å². The number of aromatic nitrogens is 1. The predicted molar refractivity (Wildman–Crippen MR) is 137 cm³/mol. The lowest BCUT2D eigenvalue weighted by Crippen LogP contribution is -2.17. The van der Waals surface area contributed by atoms with E-state index in [4.69, 9.17) is 14.6 Å². The maximum Gasteiger partial charge on any atom is 0.573 e. The average molecular weight is 518 g/mol. The third-order valence-electron chi connectivity index (χ3n) is 5.39. The standard InChI is InChI=1S/C26H26F3NO5.C2H4/c1-4-19(33-3)9-6-11-21-17(2)30(15-18-8-5-10-20(14-18)34-16-24(31)32)22-12-7-13-23(25(21)22)35-26(27,28)29;1-2/h4-10,12-14H,11,15-16H2,1-3H3,(H,31,32);1-2H2/b9-6-,19-4+;. The summed E-state index contributed by atoms with van der Waals surface area (Å²) in [7, 11) is 1.54. The molecular weight excluding hydrogens is 487 g/mol. The molecule has 0 aliphatic carbocycles. The van der Waals surface area contributed by atoms with Gasteiger partial charge in [0.05, 0.1) is 12.6 Å². The Hall–Kier alpha value is -4.14. The van der Waals surface area contributed by atoms with E-state index < -0.39 is 18.9 Å². The summed E-state index contributed by atoms with van der Waals surface area (Å²) in [6, 6.07) is 11.5. The SMILES string of the molecule is C/C=C(\C=C/Cc1c(C)n(Cc2cccc(OCC(=O)O)c2)c2cccc(OC(F)(F)F)c12)OC.C=C. The number of methoxy groups -OCH3 is 1. The normalized spacial score (nSPS) is 11.8. The molecule has 2 aromatic carbocycles. The fourth-order valence-corrected chi connectivity index (χ4v) is 3.87. The van der Waals surface area contributed by atoms with Crippen molar-refractivity contribution in [2.75, 3.05) is 13.7 Å². The highest BCUT2D eigenvalue weighted by atomic mass is 19.4. The van der Waals surface area contributed by atoms with Gasteiger partial charge in [-0.1, -0.05) is 24.3 Å². The van der Waals surface area contributed by atoms with Crippen molar-refractivity contribution in [1.82, 2.24) is 4.57 Å². The molecule has 1 aromatic heterocycles. The van der Waals surface area contributed by atoms with E-state index in [1.165, 1.54) is 12.1 Å². The van der Waals surface area contributed by atoms with Crippen LogP contribution in [0.4, 0.5) is 13.2 Å². The average Bonchev–Trinajstić information content (AvgIpc) is 3.13. The van der Waals surface area contributed by atoms with E-state index in [0.29, 0.717) is 40.9 Å². The number of carboxylic acid groups (broad SMARTS) is 1. The monoisotopic (exact) mass is 517 g/mol. The van der Waals surface area contributed by atoms with Gasteiger partial charge in [-0.15, -0.1) is 26.3 Å². The number of carboxylic acids is 1. The van der Waals surface area contributed by atoms with Crippen LogP contribution in [0.5, 0.6) is 11.5 Å². The van der Waals surface area contributed by atoms with Gasteiger partial charge < -0.3 is 23.9 Å². The number of rotatable bonds is 10. The molecule has 0 aliphatic heterocycles. The van der Waals surface area contributed by atoms with Gasteiger partial charge in [-0.25, -0.2) is 4.79 Å². The number of nitrogens with zero attached hydrogens (tertiary/aromatic N) is 1. The lowest BCUT2D eigenvalue weighted by molar-refractivity contribution is -0.274. The third kappa shape index (κ3) is 7.93. The molecular formula is C28H30F3NO5. The minimum atomic E-state index is -4.83. The Bertz CT molecular complexity index is 1270. The molecule has 0 saturated carbocycles. The first-order chi connectivity index (χ1) is 17.6. The molecule has 0 saturated heterocycles. The molecule has 0 bridgehead atoms. The second kappa shape index (κ2) is 13.2. The molecule has 1 N–H and O–H groups in total. The summed E-state index contributed by atoms with van der Waals surface area (Å²) in [4.78, 5) is 10.8. The predicted octanol–water partition coefficient (Wildman–Crippen LogP) is 6.81.